The summed E-state index contributed by atoms with van der Waals surface area (Å²) in [6.45, 7) is 3.56. The SMILES string of the molecule is CC(C)CNC(=O)[C@@H](Cc1ccccc1)N(Cc1ccc(Cl)c(Cl)c1)C(=O)CN(c1cc(Cl)c(Cl)cc1Cl)S(C)(=O)=O. The normalized spacial score (nSPS) is 12.2. The van der Waals surface area contributed by atoms with E-state index >= 15 is 0 Å². The molecule has 0 unspecified atom stereocenters. The molecule has 7 nitrogen and oxygen atoms in total. The van der Waals surface area contributed by atoms with Crippen LogP contribution >= 0.6 is 58.0 Å². The number of nitrogens with zero attached hydrogens (tertiary/aromatic N) is 2. The molecule has 0 aliphatic rings. The van der Waals surface area contributed by atoms with Gasteiger partial charge in [-0.2, -0.15) is 0 Å². The van der Waals surface area contributed by atoms with Gasteiger partial charge >= 0.3 is 0 Å². The molecule has 226 valence electrons. The van der Waals surface area contributed by atoms with Gasteiger partial charge in [0.15, 0.2) is 0 Å². The predicted molar refractivity (Wildman–Crippen MR) is 172 cm³/mol. The van der Waals surface area contributed by atoms with Crippen LogP contribution in [0.15, 0.2) is 60.7 Å². The topological polar surface area (TPSA) is 86.8 Å². The first kappa shape index (κ1) is 34.3. The molecule has 3 aromatic carbocycles. The van der Waals surface area contributed by atoms with Crippen LogP contribution in [0.5, 0.6) is 0 Å². The molecule has 0 bridgehead atoms. The Balaban J connectivity index is 2.11. The van der Waals surface area contributed by atoms with E-state index in [1.807, 2.05) is 44.2 Å². The van der Waals surface area contributed by atoms with Gasteiger partial charge in [0.2, 0.25) is 21.8 Å². The lowest BCUT2D eigenvalue weighted by Gasteiger charge is -2.34. The van der Waals surface area contributed by atoms with E-state index in [4.69, 9.17) is 58.0 Å². The summed E-state index contributed by atoms with van der Waals surface area (Å²) >= 11 is 31.0. The minimum Gasteiger partial charge on any atom is -0.354 e. The zero-order valence-corrected chi connectivity index (χ0v) is 27.7. The fraction of sp³-hybridized carbons (Fsp3) is 0.310. The van der Waals surface area contributed by atoms with Crippen molar-refractivity contribution in [2.45, 2.75) is 32.9 Å². The van der Waals surface area contributed by atoms with E-state index in [1.165, 1.54) is 17.0 Å². The molecule has 3 aromatic rings. The van der Waals surface area contributed by atoms with Gasteiger partial charge < -0.3 is 10.2 Å². The molecule has 0 aromatic heterocycles. The van der Waals surface area contributed by atoms with Crippen molar-refractivity contribution in [3.63, 3.8) is 0 Å². The van der Waals surface area contributed by atoms with E-state index in [1.54, 1.807) is 18.2 Å². The van der Waals surface area contributed by atoms with Crippen molar-refractivity contribution >= 4 is 85.5 Å². The number of halogens is 5. The minimum atomic E-state index is -4.05. The fourth-order valence-corrected chi connectivity index (χ4v) is 5.98. The Morgan fingerprint density at radius 1 is 0.810 bits per heavy atom. The van der Waals surface area contributed by atoms with Crippen molar-refractivity contribution in [1.82, 2.24) is 10.2 Å². The number of anilines is 1. The van der Waals surface area contributed by atoms with E-state index in [0.29, 0.717) is 17.1 Å². The zero-order valence-electron chi connectivity index (χ0n) is 23.1. The van der Waals surface area contributed by atoms with E-state index in [9.17, 15) is 18.0 Å². The lowest BCUT2D eigenvalue weighted by molar-refractivity contribution is -0.140. The van der Waals surface area contributed by atoms with Gasteiger partial charge in [-0.1, -0.05) is 108 Å². The number of nitrogens with one attached hydrogen (secondary N) is 1. The van der Waals surface area contributed by atoms with E-state index < -0.39 is 28.5 Å². The summed E-state index contributed by atoms with van der Waals surface area (Å²) in [4.78, 5) is 29.1. The maximum Gasteiger partial charge on any atom is 0.244 e. The van der Waals surface area contributed by atoms with Crippen molar-refractivity contribution < 1.29 is 18.0 Å². The zero-order chi connectivity index (χ0) is 31.2. The highest BCUT2D eigenvalue weighted by atomic mass is 35.5. The molecular formula is C29H30Cl5N3O4S. The molecule has 0 saturated carbocycles. The van der Waals surface area contributed by atoms with Gasteiger partial charge in [-0.3, -0.25) is 13.9 Å². The van der Waals surface area contributed by atoms with Crippen LogP contribution in [-0.2, 0) is 32.6 Å². The van der Waals surface area contributed by atoms with Gasteiger partial charge in [0.1, 0.15) is 12.6 Å². The van der Waals surface area contributed by atoms with Crippen LogP contribution < -0.4 is 9.62 Å². The molecule has 3 rings (SSSR count). The number of hydrogen-bond acceptors (Lipinski definition) is 4. The second-order valence-electron chi connectivity index (χ2n) is 10.1. The first-order chi connectivity index (χ1) is 19.7. The summed E-state index contributed by atoms with van der Waals surface area (Å²) < 4.78 is 26.8. The maximum absolute atomic E-state index is 14.1. The average Bonchev–Trinajstić information content (AvgIpc) is 2.92. The number of rotatable bonds is 12. The molecule has 0 fully saturated rings. The monoisotopic (exact) mass is 691 g/mol. The van der Waals surface area contributed by atoms with Crippen LogP contribution in [-0.4, -0.2) is 50.5 Å². The summed E-state index contributed by atoms with van der Waals surface area (Å²) in [7, 11) is -4.05. The quantitative estimate of drug-likeness (QED) is 0.205. The highest BCUT2D eigenvalue weighted by Gasteiger charge is 2.34. The van der Waals surface area contributed by atoms with Crippen molar-refractivity contribution in [3.05, 3.63) is 96.9 Å². The Hall–Kier alpha value is -2.20. The van der Waals surface area contributed by atoms with Gasteiger partial charge in [-0.05, 0) is 41.3 Å². The fourth-order valence-electron chi connectivity index (χ4n) is 4.11. The molecule has 0 aliphatic heterocycles. The molecule has 1 N–H and O–H groups in total. The molecule has 2 amide bonds. The molecular weight excluding hydrogens is 664 g/mol. The molecule has 42 heavy (non-hydrogen) atoms. The summed E-state index contributed by atoms with van der Waals surface area (Å²) in [5.41, 5.74) is 1.37. The number of benzene rings is 3. The third-order valence-corrected chi connectivity index (χ3v) is 9.12. The van der Waals surface area contributed by atoms with E-state index in [2.05, 4.69) is 5.32 Å². The van der Waals surface area contributed by atoms with Crippen molar-refractivity contribution in [1.29, 1.82) is 0 Å². The first-order valence-corrected chi connectivity index (χ1v) is 16.6. The number of hydrogen-bond donors (Lipinski definition) is 1. The molecule has 0 radical (unpaired) electrons. The molecule has 0 heterocycles. The van der Waals surface area contributed by atoms with Crippen molar-refractivity contribution in [2.24, 2.45) is 5.92 Å². The van der Waals surface area contributed by atoms with Crippen LogP contribution in [0.25, 0.3) is 0 Å². The molecule has 0 spiro atoms. The largest absolute Gasteiger partial charge is 0.354 e. The van der Waals surface area contributed by atoms with Crippen LogP contribution in [0.4, 0.5) is 5.69 Å². The Kier molecular flexibility index (Phi) is 12.2. The Morgan fingerprint density at radius 3 is 2.02 bits per heavy atom. The van der Waals surface area contributed by atoms with Crippen LogP contribution in [0.2, 0.25) is 25.1 Å². The van der Waals surface area contributed by atoms with Crippen LogP contribution in [0, 0.1) is 5.92 Å². The van der Waals surface area contributed by atoms with Crippen molar-refractivity contribution in [3.8, 4) is 0 Å². The summed E-state index contributed by atoms with van der Waals surface area (Å²) in [5.74, 6) is -0.892. The van der Waals surface area contributed by atoms with Gasteiger partial charge in [-0.25, -0.2) is 8.42 Å². The van der Waals surface area contributed by atoms with E-state index in [-0.39, 0.29) is 50.6 Å². The molecule has 1 atom stereocenters. The smallest absolute Gasteiger partial charge is 0.244 e. The Bertz CT molecular complexity index is 1540. The predicted octanol–water partition coefficient (Wildman–Crippen LogP) is 7.13. The highest BCUT2D eigenvalue weighted by molar-refractivity contribution is 7.92. The number of carbonyl (C=O) groups is 2. The highest BCUT2D eigenvalue weighted by Crippen LogP contribution is 2.36. The first-order valence-electron chi connectivity index (χ1n) is 12.8. The Morgan fingerprint density at radius 2 is 1.43 bits per heavy atom. The summed E-state index contributed by atoms with van der Waals surface area (Å²) in [6.07, 6.45) is 1.11. The van der Waals surface area contributed by atoms with Crippen LogP contribution in [0.1, 0.15) is 25.0 Å². The summed E-state index contributed by atoms with van der Waals surface area (Å²) in [6, 6.07) is 15.7. The van der Waals surface area contributed by atoms with Gasteiger partial charge in [0.25, 0.3) is 0 Å². The molecule has 0 aliphatic carbocycles. The standard InChI is InChI=1S/C29H30Cl5N3O4S/c1-18(2)15-35-29(39)27(12-19-7-5-4-6-8-19)36(16-20-9-10-21(30)22(31)11-20)28(38)17-37(42(3,40)41)26-14-24(33)23(32)13-25(26)34/h4-11,13-14,18,27H,12,15-17H2,1-3H3,(H,35,39)/t27-/m1/s1. The lowest BCUT2D eigenvalue weighted by Crippen LogP contribution is -2.53. The second kappa shape index (κ2) is 15.0. The second-order valence-corrected chi connectivity index (χ2v) is 14.0. The van der Waals surface area contributed by atoms with Crippen LogP contribution in [0.3, 0.4) is 0 Å². The average molecular weight is 694 g/mol. The maximum atomic E-state index is 14.1. The number of sulfonamides is 1. The van der Waals surface area contributed by atoms with Crippen molar-refractivity contribution in [2.75, 3.05) is 23.7 Å². The number of amides is 2. The minimum absolute atomic E-state index is 0.0193. The third-order valence-electron chi connectivity index (χ3n) is 6.23. The molecule has 0 saturated heterocycles. The van der Waals surface area contributed by atoms with Gasteiger partial charge in [0, 0.05) is 19.5 Å². The Labute approximate surface area is 271 Å². The van der Waals surface area contributed by atoms with E-state index in [0.717, 1.165) is 16.1 Å². The van der Waals surface area contributed by atoms with Gasteiger partial charge in [0.05, 0.1) is 37.1 Å². The molecule has 13 heteroatoms. The summed E-state index contributed by atoms with van der Waals surface area (Å²) in [5, 5.41) is 3.67. The number of carbonyl (C=O) groups excluding carboxylic acids is 2. The van der Waals surface area contributed by atoms with Gasteiger partial charge in [-0.15, -0.1) is 0 Å². The third kappa shape index (κ3) is 9.40. The lowest BCUT2D eigenvalue weighted by atomic mass is 10.0.